The molecule has 19 heavy (non-hydrogen) atoms. The van der Waals surface area contributed by atoms with E-state index in [1.807, 2.05) is 4.72 Å². The van der Waals surface area contributed by atoms with Gasteiger partial charge in [0, 0.05) is 5.69 Å². The van der Waals surface area contributed by atoms with E-state index in [2.05, 4.69) is 5.32 Å². The van der Waals surface area contributed by atoms with Gasteiger partial charge < -0.3 is 6.74 Å². The Labute approximate surface area is 139 Å². The fraction of sp³-hybridized carbons (Fsp3) is 0.300. The van der Waals surface area contributed by atoms with Gasteiger partial charge in [0.2, 0.25) is 10.0 Å². The van der Waals surface area contributed by atoms with E-state index in [9.17, 15) is 17.6 Å². The average molecular weight is 319 g/mol. The van der Waals surface area contributed by atoms with E-state index < -0.39 is 27.1 Å². The Balaban J connectivity index is 0. The third-order valence-electron chi connectivity index (χ3n) is 2.03. The fourth-order valence-corrected chi connectivity index (χ4v) is 1.70. The Hall–Kier alpha value is -0.340. The van der Waals surface area contributed by atoms with E-state index >= 15 is 0 Å². The largest absolute Gasteiger partial charge is 1.00 e. The fourth-order valence-electron chi connectivity index (χ4n) is 0.978. The smallest absolute Gasteiger partial charge is 1.00 e. The summed E-state index contributed by atoms with van der Waals surface area (Å²) in [5.41, 5.74) is 0.192. The molecule has 0 aliphatic carbocycles. The van der Waals surface area contributed by atoms with Crippen molar-refractivity contribution in [3.05, 3.63) is 29.0 Å². The molecule has 2 amide bonds. The number of hydrogen-bond donors (Lipinski definition) is 2. The van der Waals surface area contributed by atoms with Crippen LogP contribution in [0.3, 0.4) is 0 Å². The summed E-state index contributed by atoms with van der Waals surface area (Å²) in [4.78, 5) is 11.4. The molecule has 0 aliphatic rings. The molecule has 0 fully saturated rings. The zero-order valence-corrected chi connectivity index (χ0v) is 14.3. The minimum Gasteiger partial charge on any atom is -1.00 e. The zero-order chi connectivity index (χ0) is 13.9. The van der Waals surface area contributed by atoms with Gasteiger partial charge in [-0.25, -0.2) is 22.3 Å². The van der Waals surface area contributed by atoms with Crippen LogP contribution in [0.5, 0.6) is 0 Å². The summed E-state index contributed by atoms with van der Waals surface area (Å²) < 4.78 is 37.5. The Bertz CT molecular complexity index is 572. The van der Waals surface area contributed by atoms with Gasteiger partial charge in [0.1, 0.15) is 5.82 Å². The van der Waals surface area contributed by atoms with Crippen molar-refractivity contribution in [3.8, 4) is 0 Å². The number of hydrogen-bond acceptors (Lipinski definition) is 3. The van der Waals surface area contributed by atoms with Crippen molar-refractivity contribution in [2.45, 2.75) is 19.1 Å². The van der Waals surface area contributed by atoms with E-state index in [-0.39, 0.29) is 41.7 Å². The molecule has 0 bridgehead atoms. The van der Waals surface area contributed by atoms with Crippen LogP contribution in [-0.2, 0) is 10.0 Å². The Morgan fingerprint density at radius 3 is 2.47 bits per heavy atom. The number of urea groups is 1. The molecule has 0 heterocycles. The second-order valence-corrected chi connectivity index (χ2v) is 6.42. The van der Waals surface area contributed by atoms with E-state index in [4.69, 9.17) is 11.6 Å². The van der Waals surface area contributed by atoms with Crippen molar-refractivity contribution in [1.82, 2.24) is 4.72 Å². The van der Waals surface area contributed by atoms with Crippen LogP contribution in [0.4, 0.5) is 14.9 Å². The summed E-state index contributed by atoms with van der Waals surface area (Å²) >= 11 is 5.52. The number of nitrogens with one attached hydrogen (secondary N) is 2. The first-order valence-electron chi connectivity index (χ1n) is 5.00. The Morgan fingerprint density at radius 1 is 1.42 bits per heavy atom. The predicted octanol–water partition coefficient (Wildman–Crippen LogP) is -0.545. The zero-order valence-electron chi connectivity index (χ0n) is 11.7. The van der Waals surface area contributed by atoms with Gasteiger partial charge in [0.05, 0.1) is 10.3 Å². The van der Waals surface area contributed by atoms with Gasteiger partial charge in [-0.05, 0) is 32.0 Å². The van der Waals surface area contributed by atoms with E-state index in [1.54, 1.807) is 0 Å². The van der Waals surface area contributed by atoms with Gasteiger partial charge in [-0.3, -0.25) is 0 Å². The maximum atomic E-state index is 12.9. The van der Waals surface area contributed by atoms with Crippen molar-refractivity contribution in [1.29, 1.82) is 0 Å². The van der Waals surface area contributed by atoms with Gasteiger partial charge >= 0.3 is 35.6 Å². The van der Waals surface area contributed by atoms with Crippen molar-refractivity contribution >= 4 is 33.3 Å². The standard InChI is InChI=1S/C10H12ClFN2O3S.Na.H/c1-6(2)18(16,17)14-10(15)13-7-3-4-9(12)8(11)5-7;;/h3-6H,1-2H3,(H2,13,14,15);;/q;+1;-1. The monoisotopic (exact) mass is 318 g/mol. The first-order valence-corrected chi connectivity index (χ1v) is 6.92. The molecular weight excluding hydrogens is 306 g/mol. The molecule has 0 atom stereocenters. The van der Waals surface area contributed by atoms with Crippen LogP contribution in [-0.4, -0.2) is 19.7 Å². The van der Waals surface area contributed by atoms with Crippen LogP contribution >= 0.6 is 11.6 Å². The van der Waals surface area contributed by atoms with Crippen LogP contribution in [0.15, 0.2) is 18.2 Å². The van der Waals surface area contributed by atoms with Crippen LogP contribution in [0.25, 0.3) is 0 Å². The van der Waals surface area contributed by atoms with Gasteiger partial charge in [-0.15, -0.1) is 0 Å². The molecular formula is C10H13ClFN2NaO3S. The second-order valence-electron chi connectivity index (χ2n) is 3.78. The first-order chi connectivity index (χ1) is 8.22. The summed E-state index contributed by atoms with van der Waals surface area (Å²) in [6, 6.07) is 2.59. The molecule has 1 rings (SSSR count). The minimum atomic E-state index is -3.70. The van der Waals surface area contributed by atoms with Gasteiger partial charge in [0.15, 0.2) is 0 Å². The number of amides is 2. The summed E-state index contributed by atoms with van der Waals surface area (Å²) in [5, 5.41) is 1.34. The number of rotatable bonds is 3. The van der Waals surface area contributed by atoms with Crippen molar-refractivity contribution in [3.63, 3.8) is 0 Å². The molecule has 0 spiro atoms. The topological polar surface area (TPSA) is 75.3 Å². The molecule has 0 aliphatic heterocycles. The van der Waals surface area contributed by atoms with Crippen LogP contribution in [0.1, 0.15) is 15.3 Å². The number of halogens is 2. The third-order valence-corrected chi connectivity index (χ3v) is 4.03. The van der Waals surface area contributed by atoms with Crippen LogP contribution < -0.4 is 39.6 Å². The number of anilines is 1. The maximum Gasteiger partial charge on any atom is 1.00 e. The normalized spacial score (nSPS) is 10.8. The van der Waals surface area contributed by atoms with Crippen LogP contribution in [0, 0.1) is 5.82 Å². The molecule has 102 valence electrons. The number of carbonyl (C=O) groups is 1. The number of benzene rings is 1. The molecule has 5 nitrogen and oxygen atoms in total. The van der Waals surface area contributed by atoms with E-state index in [1.165, 1.54) is 26.0 Å². The quantitative estimate of drug-likeness (QED) is 0.735. The third kappa shape index (κ3) is 5.66. The molecule has 0 saturated carbocycles. The molecule has 0 saturated heterocycles. The molecule has 0 aromatic heterocycles. The van der Waals surface area contributed by atoms with Gasteiger partial charge in [-0.1, -0.05) is 11.6 Å². The molecule has 9 heteroatoms. The molecule has 1 aromatic carbocycles. The molecule has 2 N–H and O–H groups in total. The van der Waals surface area contributed by atoms with Crippen molar-refractivity contribution < 1.29 is 48.6 Å². The number of sulfonamides is 1. The molecule has 1 aromatic rings. The van der Waals surface area contributed by atoms with Crippen molar-refractivity contribution in [2.24, 2.45) is 0 Å². The van der Waals surface area contributed by atoms with Crippen LogP contribution in [0.2, 0.25) is 5.02 Å². The Morgan fingerprint density at radius 2 is 2.00 bits per heavy atom. The van der Waals surface area contributed by atoms with Crippen molar-refractivity contribution in [2.75, 3.05) is 5.32 Å². The summed E-state index contributed by atoms with van der Waals surface area (Å²) in [6.07, 6.45) is 0. The van der Waals surface area contributed by atoms with E-state index in [0.717, 1.165) is 6.07 Å². The van der Waals surface area contributed by atoms with Gasteiger partial charge in [-0.2, -0.15) is 0 Å². The summed E-state index contributed by atoms with van der Waals surface area (Å²) in [6.45, 7) is 2.87. The summed E-state index contributed by atoms with van der Waals surface area (Å²) in [5.74, 6) is -0.627. The SMILES string of the molecule is CC(C)S(=O)(=O)NC(=O)Nc1ccc(F)c(Cl)c1.[H-].[Na+]. The molecule has 0 unspecified atom stereocenters. The summed E-state index contributed by atoms with van der Waals surface area (Å²) in [7, 11) is -3.70. The first kappa shape index (κ1) is 18.7. The Kier molecular flexibility index (Phi) is 7.31. The average Bonchev–Trinajstić information content (AvgIpc) is 2.22. The van der Waals surface area contributed by atoms with Gasteiger partial charge in [0.25, 0.3) is 0 Å². The predicted molar refractivity (Wildman–Crippen MR) is 68.7 cm³/mol. The van der Waals surface area contributed by atoms with E-state index in [0.29, 0.717) is 0 Å². The second kappa shape index (κ2) is 7.44. The maximum absolute atomic E-state index is 12.9. The molecule has 0 radical (unpaired) electrons. The minimum absolute atomic E-state index is 0. The number of carbonyl (C=O) groups excluding carboxylic acids is 1.